The third-order valence-corrected chi connectivity index (χ3v) is 3.04. The highest BCUT2D eigenvalue weighted by Gasteiger charge is 1.99. The number of hydrogen-bond donors (Lipinski definition) is 1. The van der Waals surface area contributed by atoms with Crippen LogP contribution in [0.15, 0.2) is 58.8 Å². The Hall–Kier alpha value is -2.64. The molecule has 21 heavy (non-hydrogen) atoms. The molecule has 0 aromatic heterocycles. The van der Waals surface area contributed by atoms with Gasteiger partial charge in [-0.1, -0.05) is 5.92 Å². The van der Waals surface area contributed by atoms with Gasteiger partial charge in [0.25, 0.3) is 0 Å². The van der Waals surface area contributed by atoms with Gasteiger partial charge in [0, 0.05) is 24.8 Å². The van der Waals surface area contributed by atoms with Crippen LogP contribution < -0.4 is 4.90 Å². The van der Waals surface area contributed by atoms with Crippen LogP contribution >= 0.6 is 0 Å². The number of hydrogen-bond acceptors (Lipinski definition) is 4. The Bertz CT molecular complexity index is 639. The van der Waals surface area contributed by atoms with Gasteiger partial charge in [0.2, 0.25) is 0 Å². The first-order valence-electron chi connectivity index (χ1n) is 6.63. The average molecular weight is 279 g/mol. The van der Waals surface area contributed by atoms with Crippen LogP contribution in [0.1, 0.15) is 5.56 Å². The number of anilines is 1. The maximum absolute atomic E-state index is 8.91. The van der Waals surface area contributed by atoms with Crippen LogP contribution in [0.3, 0.4) is 0 Å². The van der Waals surface area contributed by atoms with Gasteiger partial charge in [-0.25, -0.2) is 0 Å². The largest absolute Gasteiger partial charge is 0.395 e. The van der Waals surface area contributed by atoms with E-state index in [4.69, 9.17) is 11.5 Å². The zero-order valence-corrected chi connectivity index (χ0v) is 11.9. The molecular formula is C17H17N3O. The summed E-state index contributed by atoms with van der Waals surface area (Å²) in [6.45, 7) is 0.730. The molecule has 2 rings (SSSR count). The molecule has 2 aromatic carbocycles. The van der Waals surface area contributed by atoms with E-state index in [0.717, 1.165) is 22.6 Å². The number of terminal acetylenes is 1. The zero-order chi connectivity index (χ0) is 15.1. The molecule has 0 saturated heterocycles. The van der Waals surface area contributed by atoms with Gasteiger partial charge in [-0.2, -0.15) is 10.2 Å². The molecule has 0 saturated carbocycles. The molecule has 0 aliphatic carbocycles. The quantitative estimate of drug-likeness (QED) is 0.672. The number of azo groups is 1. The maximum atomic E-state index is 8.91. The van der Waals surface area contributed by atoms with Crippen LogP contribution in [0.2, 0.25) is 0 Å². The zero-order valence-electron chi connectivity index (χ0n) is 11.9. The Morgan fingerprint density at radius 3 is 2.00 bits per heavy atom. The highest BCUT2D eigenvalue weighted by Crippen LogP contribution is 2.21. The molecule has 0 aliphatic heterocycles. The van der Waals surface area contributed by atoms with E-state index in [1.54, 1.807) is 0 Å². The van der Waals surface area contributed by atoms with Crippen LogP contribution in [-0.2, 0) is 0 Å². The Morgan fingerprint density at radius 2 is 1.52 bits per heavy atom. The summed E-state index contributed by atoms with van der Waals surface area (Å²) in [5, 5.41) is 17.3. The van der Waals surface area contributed by atoms with Crippen molar-refractivity contribution in [2.24, 2.45) is 10.2 Å². The topological polar surface area (TPSA) is 48.2 Å². The van der Waals surface area contributed by atoms with Gasteiger partial charge in [0.15, 0.2) is 0 Å². The lowest BCUT2D eigenvalue weighted by atomic mass is 10.2. The van der Waals surface area contributed by atoms with Crippen molar-refractivity contribution in [1.82, 2.24) is 0 Å². The van der Waals surface area contributed by atoms with Crippen molar-refractivity contribution in [2.75, 3.05) is 25.1 Å². The van der Waals surface area contributed by atoms with Crippen molar-refractivity contribution in [3.63, 3.8) is 0 Å². The van der Waals surface area contributed by atoms with Crippen molar-refractivity contribution >= 4 is 17.1 Å². The molecule has 0 spiro atoms. The van der Waals surface area contributed by atoms with E-state index < -0.39 is 0 Å². The summed E-state index contributed by atoms with van der Waals surface area (Å²) < 4.78 is 0. The number of rotatable bonds is 5. The number of aliphatic hydroxyl groups is 1. The van der Waals surface area contributed by atoms with E-state index in [2.05, 4.69) is 16.1 Å². The smallest absolute Gasteiger partial charge is 0.0858 e. The number of likely N-dealkylation sites (N-methyl/N-ethyl adjacent to an activating group) is 1. The predicted molar refractivity (Wildman–Crippen MR) is 85.4 cm³/mol. The van der Waals surface area contributed by atoms with E-state index in [1.807, 2.05) is 60.5 Å². The predicted octanol–water partition coefficient (Wildman–Crippen LogP) is 3.51. The average Bonchev–Trinajstić information content (AvgIpc) is 2.54. The molecular weight excluding hydrogens is 262 g/mol. The van der Waals surface area contributed by atoms with Crippen molar-refractivity contribution in [2.45, 2.75) is 0 Å². The molecule has 0 atom stereocenters. The van der Waals surface area contributed by atoms with Gasteiger partial charge >= 0.3 is 0 Å². The molecule has 0 heterocycles. The van der Waals surface area contributed by atoms with Crippen LogP contribution in [0, 0.1) is 12.3 Å². The first-order valence-corrected chi connectivity index (χ1v) is 6.63. The fourth-order valence-electron chi connectivity index (χ4n) is 1.79. The van der Waals surface area contributed by atoms with Crippen LogP contribution in [0.4, 0.5) is 17.1 Å². The summed E-state index contributed by atoms with van der Waals surface area (Å²) in [7, 11) is 1.93. The second-order valence-corrected chi connectivity index (χ2v) is 4.55. The van der Waals surface area contributed by atoms with E-state index in [0.29, 0.717) is 6.54 Å². The summed E-state index contributed by atoms with van der Waals surface area (Å²) in [6, 6.07) is 15.0. The summed E-state index contributed by atoms with van der Waals surface area (Å²) in [4.78, 5) is 1.97. The monoisotopic (exact) mass is 279 g/mol. The van der Waals surface area contributed by atoms with Gasteiger partial charge < -0.3 is 10.0 Å². The number of benzene rings is 2. The molecule has 0 fully saturated rings. The molecule has 0 radical (unpaired) electrons. The molecule has 0 aliphatic rings. The fourth-order valence-corrected chi connectivity index (χ4v) is 1.79. The minimum Gasteiger partial charge on any atom is -0.395 e. The summed E-state index contributed by atoms with van der Waals surface area (Å²) in [6.07, 6.45) is 5.30. The third-order valence-electron chi connectivity index (χ3n) is 3.04. The summed E-state index contributed by atoms with van der Waals surface area (Å²) in [5.41, 5.74) is 3.39. The van der Waals surface area contributed by atoms with Crippen molar-refractivity contribution in [3.05, 3.63) is 54.1 Å². The molecule has 0 amide bonds. The highest BCUT2D eigenvalue weighted by molar-refractivity contribution is 5.52. The summed E-state index contributed by atoms with van der Waals surface area (Å²) >= 11 is 0. The Kier molecular flexibility index (Phi) is 5.08. The van der Waals surface area contributed by atoms with Gasteiger partial charge in [0.1, 0.15) is 0 Å². The second kappa shape index (κ2) is 7.22. The lowest BCUT2D eigenvalue weighted by molar-refractivity contribution is 0.304. The standard InChI is InChI=1S/C17H17N3O/c1-3-14-4-6-15(7-5-14)18-19-16-8-10-17(11-9-16)20(2)12-13-21/h1,4-11,21H,12-13H2,2H3. The minimum atomic E-state index is 0.131. The lowest BCUT2D eigenvalue weighted by Crippen LogP contribution is -2.20. The molecule has 106 valence electrons. The van der Waals surface area contributed by atoms with Crippen LogP contribution in [-0.4, -0.2) is 25.3 Å². The molecule has 2 aromatic rings. The molecule has 1 N–H and O–H groups in total. The molecule has 0 unspecified atom stereocenters. The Morgan fingerprint density at radius 1 is 1.00 bits per heavy atom. The first kappa shape index (κ1) is 14.8. The lowest BCUT2D eigenvalue weighted by Gasteiger charge is -2.17. The van der Waals surface area contributed by atoms with Gasteiger partial charge in [-0.3, -0.25) is 0 Å². The third kappa shape index (κ3) is 4.16. The van der Waals surface area contributed by atoms with Crippen LogP contribution in [0.25, 0.3) is 0 Å². The van der Waals surface area contributed by atoms with Crippen molar-refractivity contribution < 1.29 is 5.11 Å². The number of nitrogens with zero attached hydrogens (tertiary/aromatic N) is 3. The van der Waals surface area contributed by atoms with Crippen LogP contribution in [0.5, 0.6) is 0 Å². The molecule has 4 heteroatoms. The Balaban J connectivity index is 2.05. The minimum absolute atomic E-state index is 0.131. The molecule has 4 nitrogen and oxygen atoms in total. The first-order chi connectivity index (χ1) is 10.2. The van der Waals surface area contributed by atoms with Crippen molar-refractivity contribution in [1.29, 1.82) is 0 Å². The van der Waals surface area contributed by atoms with E-state index in [-0.39, 0.29) is 6.61 Å². The van der Waals surface area contributed by atoms with Gasteiger partial charge in [-0.05, 0) is 48.5 Å². The normalized spacial score (nSPS) is 10.5. The van der Waals surface area contributed by atoms with E-state index >= 15 is 0 Å². The highest BCUT2D eigenvalue weighted by atomic mass is 16.3. The van der Waals surface area contributed by atoms with E-state index in [1.165, 1.54) is 0 Å². The second-order valence-electron chi connectivity index (χ2n) is 4.55. The SMILES string of the molecule is C#Cc1ccc(N=Nc2ccc(N(C)CCO)cc2)cc1. The molecule has 0 bridgehead atoms. The van der Waals surface area contributed by atoms with Crippen molar-refractivity contribution in [3.8, 4) is 12.3 Å². The number of aliphatic hydroxyl groups excluding tert-OH is 1. The van der Waals surface area contributed by atoms with E-state index in [9.17, 15) is 0 Å². The van der Waals surface area contributed by atoms with Gasteiger partial charge in [0.05, 0.1) is 18.0 Å². The summed E-state index contributed by atoms with van der Waals surface area (Å²) in [5.74, 6) is 2.56. The maximum Gasteiger partial charge on any atom is 0.0858 e. The fraction of sp³-hybridized carbons (Fsp3) is 0.176. The van der Waals surface area contributed by atoms with Gasteiger partial charge in [-0.15, -0.1) is 6.42 Å². The Labute approximate surface area is 124 Å².